The molecule has 0 spiro atoms. The second kappa shape index (κ2) is 6.49. The Morgan fingerprint density at radius 2 is 1.79 bits per heavy atom. The summed E-state index contributed by atoms with van der Waals surface area (Å²) in [6, 6.07) is 2.04. The van der Waals surface area contributed by atoms with Crippen molar-refractivity contribution in [2.75, 3.05) is 32.0 Å². The molecule has 9 heteroatoms. The zero-order chi connectivity index (χ0) is 14.6. The van der Waals surface area contributed by atoms with E-state index < -0.39 is 39.0 Å². The molecule has 0 aliphatic rings. The first-order valence-corrected chi connectivity index (χ1v) is 7.12. The molecule has 0 aliphatic carbocycles. The van der Waals surface area contributed by atoms with Crippen LogP contribution in [0.25, 0.3) is 0 Å². The first-order chi connectivity index (χ1) is 8.84. The van der Waals surface area contributed by atoms with Crippen LogP contribution in [-0.2, 0) is 10.0 Å². The van der Waals surface area contributed by atoms with Gasteiger partial charge in [0.25, 0.3) is 0 Å². The smallest absolute Gasteiger partial charge is 0.246 e. The quantitative estimate of drug-likeness (QED) is 0.643. The van der Waals surface area contributed by atoms with Gasteiger partial charge in [-0.1, -0.05) is 11.6 Å². The van der Waals surface area contributed by atoms with Crippen molar-refractivity contribution < 1.29 is 23.0 Å². The number of aliphatic hydroxyl groups excluding tert-OH is 2. The molecule has 0 fully saturated rings. The van der Waals surface area contributed by atoms with Crippen molar-refractivity contribution in [2.45, 2.75) is 4.90 Å². The molecular formula is C10H14ClFN2O4S. The lowest BCUT2D eigenvalue weighted by Crippen LogP contribution is -2.36. The number of nitrogens with two attached hydrogens (primary N) is 1. The van der Waals surface area contributed by atoms with E-state index in [-0.39, 0.29) is 18.8 Å². The number of rotatable bonds is 6. The van der Waals surface area contributed by atoms with Crippen molar-refractivity contribution in [3.05, 3.63) is 23.0 Å². The predicted molar refractivity (Wildman–Crippen MR) is 68.8 cm³/mol. The molecular weight excluding hydrogens is 299 g/mol. The van der Waals surface area contributed by atoms with E-state index in [9.17, 15) is 12.8 Å². The molecule has 0 aliphatic heterocycles. The third kappa shape index (κ3) is 3.54. The molecule has 0 saturated heterocycles. The Bertz CT molecular complexity index is 547. The molecule has 0 unspecified atom stereocenters. The Kier molecular flexibility index (Phi) is 5.50. The summed E-state index contributed by atoms with van der Waals surface area (Å²) in [4.78, 5) is -0.681. The molecule has 6 nitrogen and oxygen atoms in total. The predicted octanol–water partition coefficient (Wildman–Crippen LogP) is 0.0366. The molecule has 1 aromatic rings. The van der Waals surface area contributed by atoms with Gasteiger partial charge in [0.2, 0.25) is 10.0 Å². The van der Waals surface area contributed by atoms with Crippen molar-refractivity contribution >= 4 is 27.3 Å². The zero-order valence-electron chi connectivity index (χ0n) is 9.88. The van der Waals surface area contributed by atoms with Crippen LogP contribution in [0.5, 0.6) is 0 Å². The number of anilines is 1. The Morgan fingerprint density at radius 1 is 1.26 bits per heavy atom. The Hall–Kier alpha value is -0.930. The van der Waals surface area contributed by atoms with Gasteiger partial charge in [0, 0.05) is 18.8 Å². The van der Waals surface area contributed by atoms with Crippen LogP contribution < -0.4 is 5.73 Å². The fourth-order valence-electron chi connectivity index (χ4n) is 1.49. The molecule has 108 valence electrons. The summed E-state index contributed by atoms with van der Waals surface area (Å²) in [7, 11) is -4.23. The largest absolute Gasteiger partial charge is 0.399 e. The van der Waals surface area contributed by atoms with Crippen LogP contribution >= 0.6 is 11.6 Å². The van der Waals surface area contributed by atoms with E-state index in [4.69, 9.17) is 27.5 Å². The SMILES string of the molecule is Nc1cc(Cl)c(F)c(S(=O)(=O)N(CCO)CCO)c1. The highest BCUT2D eigenvalue weighted by Crippen LogP contribution is 2.27. The summed E-state index contributed by atoms with van der Waals surface area (Å²) < 4.78 is 38.9. The van der Waals surface area contributed by atoms with E-state index in [0.717, 1.165) is 16.4 Å². The van der Waals surface area contributed by atoms with Gasteiger partial charge in [-0.25, -0.2) is 12.8 Å². The monoisotopic (exact) mass is 312 g/mol. The van der Waals surface area contributed by atoms with E-state index in [2.05, 4.69) is 0 Å². The van der Waals surface area contributed by atoms with Gasteiger partial charge in [-0.2, -0.15) is 4.31 Å². The molecule has 0 aromatic heterocycles. The number of aliphatic hydroxyl groups is 2. The third-order valence-corrected chi connectivity index (χ3v) is 4.51. The molecule has 1 rings (SSSR count). The number of hydrogen-bond donors (Lipinski definition) is 3. The number of benzene rings is 1. The minimum atomic E-state index is -4.23. The molecule has 0 heterocycles. The van der Waals surface area contributed by atoms with Gasteiger partial charge in [-0.05, 0) is 12.1 Å². The van der Waals surface area contributed by atoms with Crippen LogP contribution in [0.4, 0.5) is 10.1 Å². The van der Waals surface area contributed by atoms with Crippen LogP contribution in [-0.4, -0.2) is 49.2 Å². The van der Waals surface area contributed by atoms with Crippen molar-refractivity contribution in [1.29, 1.82) is 0 Å². The number of halogens is 2. The minimum Gasteiger partial charge on any atom is -0.399 e. The van der Waals surface area contributed by atoms with Crippen LogP contribution in [0.3, 0.4) is 0 Å². The lowest BCUT2D eigenvalue weighted by atomic mass is 10.3. The highest BCUT2D eigenvalue weighted by molar-refractivity contribution is 7.89. The van der Waals surface area contributed by atoms with Crippen LogP contribution in [0.1, 0.15) is 0 Å². The highest BCUT2D eigenvalue weighted by atomic mass is 35.5. The molecule has 0 amide bonds. The topological polar surface area (TPSA) is 104 Å². The summed E-state index contributed by atoms with van der Waals surface area (Å²) in [6.07, 6.45) is 0. The summed E-state index contributed by atoms with van der Waals surface area (Å²) in [5.74, 6) is -1.11. The maximum absolute atomic E-state index is 13.8. The summed E-state index contributed by atoms with van der Waals surface area (Å²) in [6.45, 7) is -1.46. The molecule has 0 radical (unpaired) electrons. The first-order valence-electron chi connectivity index (χ1n) is 5.31. The lowest BCUT2D eigenvalue weighted by molar-refractivity contribution is 0.217. The van der Waals surface area contributed by atoms with Gasteiger partial charge in [0.15, 0.2) is 5.82 Å². The van der Waals surface area contributed by atoms with Crippen molar-refractivity contribution in [3.8, 4) is 0 Å². The number of nitrogen functional groups attached to an aromatic ring is 1. The Balaban J connectivity index is 3.32. The van der Waals surface area contributed by atoms with Gasteiger partial charge in [-0.3, -0.25) is 0 Å². The van der Waals surface area contributed by atoms with Gasteiger partial charge in [0.05, 0.1) is 18.2 Å². The van der Waals surface area contributed by atoms with Crippen LogP contribution in [0, 0.1) is 5.82 Å². The van der Waals surface area contributed by atoms with Gasteiger partial charge in [-0.15, -0.1) is 0 Å². The molecule has 0 bridgehead atoms. The van der Waals surface area contributed by atoms with Crippen molar-refractivity contribution in [3.63, 3.8) is 0 Å². The van der Waals surface area contributed by atoms with E-state index in [1.807, 2.05) is 0 Å². The fraction of sp³-hybridized carbons (Fsp3) is 0.400. The minimum absolute atomic E-state index is 0.00192. The maximum Gasteiger partial charge on any atom is 0.246 e. The number of hydrogen-bond acceptors (Lipinski definition) is 5. The third-order valence-electron chi connectivity index (χ3n) is 2.33. The lowest BCUT2D eigenvalue weighted by Gasteiger charge is -2.21. The first kappa shape index (κ1) is 16.1. The highest BCUT2D eigenvalue weighted by Gasteiger charge is 2.28. The average Bonchev–Trinajstić information content (AvgIpc) is 2.33. The van der Waals surface area contributed by atoms with E-state index in [1.54, 1.807) is 0 Å². The molecule has 0 saturated carbocycles. The number of sulfonamides is 1. The summed E-state index contributed by atoms with van der Waals surface area (Å²) in [5.41, 5.74) is 5.44. The van der Waals surface area contributed by atoms with Crippen LogP contribution in [0.2, 0.25) is 5.02 Å². The zero-order valence-corrected chi connectivity index (χ0v) is 11.5. The fourth-order valence-corrected chi connectivity index (χ4v) is 3.31. The molecule has 19 heavy (non-hydrogen) atoms. The van der Waals surface area contributed by atoms with Gasteiger partial charge in [0.1, 0.15) is 4.90 Å². The van der Waals surface area contributed by atoms with Crippen molar-refractivity contribution in [1.82, 2.24) is 4.31 Å². The Labute approximate surface area is 115 Å². The Morgan fingerprint density at radius 3 is 2.26 bits per heavy atom. The summed E-state index contributed by atoms with van der Waals surface area (Å²) in [5, 5.41) is 17.2. The second-order valence-corrected chi connectivity index (χ2v) is 5.98. The average molecular weight is 313 g/mol. The van der Waals surface area contributed by atoms with Crippen LogP contribution in [0.15, 0.2) is 17.0 Å². The van der Waals surface area contributed by atoms with E-state index >= 15 is 0 Å². The summed E-state index contributed by atoms with van der Waals surface area (Å²) >= 11 is 5.55. The van der Waals surface area contributed by atoms with E-state index in [0.29, 0.717) is 0 Å². The van der Waals surface area contributed by atoms with Crippen molar-refractivity contribution in [2.24, 2.45) is 0 Å². The molecule has 1 aromatic carbocycles. The molecule has 4 N–H and O–H groups in total. The maximum atomic E-state index is 13.8. The standard InChI is InChI=1S/C10H14ClFN2O4S/c11-8-5-7(13)6-9(10(8)12)19(17,18)14(1-3-15)2-4-16/h5-6,15-16H,1-4,13H2. The molecule has 0 atom stereocenters. The van der Waals surface area contributed by atoms with Gasteiger partial charge >= 0.3 is 0 Å². The van der Waals surface area contributed by atoms with E-state index in [1.165, 1.54) is 0 Å². The normalized spacial score (nSPS) is 12.1. The van der Waals surface area contributed by atoms with Gasteiger partial charge < -0.3 is 15.9 Å². The second-order valence-electron chi connectivity index (χ2n) is 3.67. The number of nitrogens with zero attached hydrogens (tertiary/aromatic N) is 1.